The SMILES string of the molecule is NNC(Cc1cccc(F)c1)CC1CC2CCC1C2. The van der Waals surface area contributed by atoms with Crippen molar-refractivity contribution >= 4 is 0 Å². The summed E-state index contributed by atoms with van der Waals surface area (Å²) in [5.41, 5.74) is 3.97. The highest BCUT2D eigenvalue weighted by Crippen LogP contribution is 2.49. The normalized spacial score (nSPS) is 30.7. The van der Waals surface area contributed by atoms with E-state index in [1.807, 2.05) is 6.07 Å². The zero-order chi connectivity index (χ0) is 13.2. The van der Waals surface area contributed by atoms with Crippen LogP contribution in [-0.2, 0) is 6.42 Å². The second-order valence-electron chi connectivity index (χ2n) is 6.37. The first-order valence-electron chi connectivity index (χ1n) is 7.45. The molecule has 2 aliphatic carbocycles. The number of nitrogens with one attached hydrogen (secondary N) is 1. The average Bonchev–Trinajstić information content (AvgIpc) is 3.00. The summed E-state index contributed by atoms with van der Waals surface area (Å²) in [6.07, 6.45) is 7.61. The summed E-state index contributed by atoms with van der Waals surface area (Å²) in [5, 5.41) is 0. The largest absolute Gasteiger partial charge is 0.271 e. The van der Waals surface area contributed by atoms with Gasteiger partial charge in [0.2, 0.25) is 0 Å². The lowest BCUT2D eigenvalue weighted by Gasteiger charge is -2.26. The van der Waals surface area contributed by atoms with Crippen LogP contribution in [0.25, 0.3) is 0 Å². The molecule has 4 atom stereocenters. The van der Waals surface area contributed by atoms with Gasteiger partial charge in [-0.25, -0.2) is 4.39 Å². The minimum atomic E-state index is -0.159. The molecule has 2 saturated carbocycles. The van der Waals surface area contributed by atoms with Crippen molar-refractivity contribution in [1.29, 1.82) is 0 Å². The highest BCUT2D eigenvalue weighted by molar-refractivity contribution is 5.17. The van der Waals surface area contributed by atoms with Gasteiger partial charge in [-0.2, -0.15) is 0 Å². The molecule has 2 aliphatic rings. The van der Waals surface area contributed by atoms with Crippen molar-refractivity contribution < 1.29 is 4.39 Å². The Morgan fingerprint density at radius 2 is 2.21 bits per heavy atom. The molecule has 0 aromatic heterocycles. The molecule has 4 unspecified atom stereocenters. The molecule has 2 bridgehead atoms. The first kappa shape index (κ1) is 13.1. The maximum absolute atomic E-state index is 13.2. The van der Waals surface area contributed by atoms with Gasteiger partial charge in [-0.3, -0.25) is 11.3 Å². The predicted molar refractivity (Wildman–Crippen MR) is 74.8 cm³/mol. The van der Waals surface area contributed by atoms with Crippen LogP contribution < -0.4 is 11.3 Å². The first-order valence-corrected chi connectivity index (χ1v) is 7.45. The molecular weight excluding hydrogens is 239 g/mol. The van der Waals surface area contributed by atoms with Crippen LogP contribution in [0.5, 0.6) is 0 Å². The fraction of sp³-hybridized carbons (Fsp3) is 0.625. The molecule has 3 heteroatoms. The van der Waals surface area contributed by atoms with E-state index in [2.05, 4.69) is 5.43 Å². The maximum atomic E-state index is 13.2. The van der Waals surface area contributed by atoms with Gasteiger partial charge in [-0.1, -0.05) is 18.6 Å². The van der Waals surface area contributed by atoms with Crippen LogP contribution in [0.15, 0.2) is 24.3 Å². The van der Waals surface area contributed by atoms with E-state index in [9.17, 15) is 4.39 Å². The fourth-order valence-electron chi connectivity index (χ4n) is 4.19. The van der Waals surface area contributed by atoms with E-state index >= 15 is 0 Å². The molecule has 104 valence electrons. The molecule has 1 aromatic rings. The van der Waals surface area contributed by atoms with Crippen LogP contribution in [0.1, 0.15) is 37.7 Å². The van der Waals surface area contributed by atoms with Crippen molar-refractivity contribution in [3.8, 4) is 0 Å². The topological polar surface area (TPSA) is 38.0 Å². The summed E-state index contributed by atoms with van der Waals surface area (Å²) in [7, 11) is 0. The number of benzene rings is 1. The van der Waals surface area contributed by atoms with Crippen molar-refractivity contribution in [2.24, 2.45) is 23.6 Å². The minimum absolute atomic E-state index is 0.159. The molecule has 2 fully saturated rings. The number of hydrogen-bond acceptors (Lipinski definition) is 2. The molecule has 0 radical (unpaired) electrons. The van der Waals surface area contributed by atoms with Crippen LogP contribution in [0, 0.1) is 23.6 Å². The van der Waals surface area contributed by atoms with Crippen LogP contribution in [0.4, 0.5) is 4.39 Å². The van der Waals surface area contributed by atoms with Crippen molar-refractivity contribution in [3.05, 3.63) is 35.6 Å². The Bertz CT molecular complexity index is 435. The van der Waals surface area contributed by atoms with E-state index in [-0.39, 0.29) is 11.9 Å². The lowest BCUT2D eigenvalue weighted by atomic mass is 9.83. The van der Waals surface area contributed by atoms with Gasteiger partial charge in [0, 0.05) is 6.04 Å². The summed E-state index contributed by atoms with van der Waals surface area (Å²) in [5.74, 6) is 8.26. The van der Waals surface area contributed by atoms with Crippen molar-refractivity contribution in [2.45, 2.75) is 44.6 Å². The monoisotopic (exact) mass is 262 g/mol. The lowest BCUT2D eigenvalue weighted by molar-refractivity contribution is 0.277. The summed E-state index contributed by atoms with van der Waals surface area (Å²) in [6.45, 7) is 0. The molecule has 3 N–H and O–H groups in total. The van der Waals surface area contributed by atoms with Gasteiger partial charge in [-0.05, 0) is 67.6 Å². The van der Waals surface area contributed by atoms with Gasteiger partial charge in [0.05, 0.1) is 0 Å². The third kappa shape index (κ3) is 2.98. The van der Waals surface area contributed by atoms with E-state index in [1.165, 1.54) is 31.7 Å². The Hall–Kier alpha value is -0.930. The average molecular weight is 262 g/mol. The maximum Gasteiger partial charge on any atom is 0.123 e. The number of rotatable bonds is 5. The Morgan fingerprint density at radius 3 is 2.84 bits per heavy atom. The molecule has 0 amide bonds. The van der Waals surface area contributed by atoms with Gasteiger partial charge in [-0.15, -0.1) is 0 Å². The van der Waals surface area contributed by atoms with E-state index < -0.39 is 0 Å². The summed E-state index contributed by atoms with van der Waals surface area (Å²) >= 11 is 0. The number of halogens is 1. The highest BCUT2D eigenvalue weighted by atomic mass is 19.1. The molecule has 19 heavy (non-hydrogen) atoms. The van der Waals surface area contributed by atoms with Gasteiger partial charge < -0.3 is 0 Å². The predicted octanol–water partition coefficient (Wildman–Crippen LogP) is 3.03. The molecule has 0 saturated heterocycles. The van der Waals surface area contributed by atoms with Crippen LogP contribution in [0.3, 0.4) is 0 Å². The Kier molecular flexibility index (Phi) is 3.85. The number of hydrazine groups is 1. The van der Waals surface area contributed by atoms with E-state index in [4.69, 9.17) is 5.84 Å². The number of hydrogen-bond donors (Lipinski definition) is 2. The van der Waals surface area contributed by atoms with Crippen molar-refractivity contribution in [2.75, 3.05) is 0 Å². The molecule has 0 spiro atoms. The zero-order valence-corrected chi connectivity index (χ0v) is 11.3. The second kappa shape index (κ2) is 5.59. The summed E-state index contributed by atoms with van der Waals surface area (Å²) in [4.78, 5) is 0. The van der Waals surface area contributed by atoms with Crippen LogP contribution in [0.2, 0.25) is 0 Å². The second-order valence-corrected chi connectivity index (χ2v) is 6.37. The molecule has 0 aliphatic heterocycles. The fourth-order valence-corrected chi connectivity index (χ4v) is 4.19. The smallest absolute Gasteiger partial charge is 0.123 e. The third-order valence-corrected chi connectivity index (χ3v) is 5.08. The molecular formula is C16H23FN2. The lowest BCUT2D eigenvalue weighted by Crippen LogP contribution is -2.39. The number of nitrogens with two attached hydrogens (primary N) is 1. The van der Waals surface area contributed by atoms with Gasteiger partial charge in [0.25, 0.3) is 0 Å². The third-order valence-electron chi connectivity index (χ3n) is 5.08. The van der Waals surface area contributed by atoms with E-state index in [1.54, 1.807) is 12.1 Å². The molecule has 0 heterocycles. The molecule has 2 nitrogen and oxygen atoms in total. The van der Waals surface area contributed by atoms with Crippen molar-refractivity contribution in [1.82, 2.24) is 5.43 Å². The van der Waals surface area contributed by atoms with Crippen molar-refractivity contribution in [3.63, 3.8) is 0 Å². The Labute approximate surface area is 114 Å². The number of fused-ring (bicyclic) bond motifs is 2. The first-order chi connectivity index (χ1) is 9.24. The van der Waals surface area contributed by atoms with Gasteiger partial charge >= 0.3 is 0 Å². The highest BCUT2D eigenvalue weighted by Gasteiger charge is 2.39. The summed E-state index contributed by atoms with van der Waals surface area (Å²) in [6, 6.07) is 7.13. The van der Waals surface area contributed by atoms with Crippen LogP contribution in [-0.4, -0.2) is 6.04 Å². The Morgan fingerprint density at radius 1 is 1.32 bits per heavy atom. The van der Waals surface area contributed by atoms with E-state index in [0.717, 1.165) is 36.2 Å². The standard InChI is InChI=1S/C16H23FN2/c17-15-3-1-2-11(8-15)9-16(19-18)10-14-7-12-4-5-13(14)6-12/h1-3,8,12-14,16,19H,4-7,9-10,18H2. The minimum Gasteiger partial charge on any atom is -0.271 e. The molecule has 1 aromatic carbocycles. The zero-order valence-electron chi connectivity index (χ0n) is 11.3. The Balaban J connectivity index is 1.59. The quantitative estimate of drug-likeness (QED) is 0.632. The van der Waals surface area contributed by atoms with E-state index in [0.29, 0.717) is 0 Å². The summed E-state index contributed by atoms with van der Waals surface area (Å²) < 4.78 is 13.2. The van der Waals surface area contributed by atoms with Gasteiger partial charge in [0.15, 0.2) is 0 Å². The molecule has 3 rings (SSSR count). The van der Waals surface area contributed by atoms with Gasteiger partial charge in [0.1, 0.15) is 5.82 Å². The van der Waals surface area contributed by atoms with Crippen LogP contribution >= 0.6 is 0 Å².